The highest BCUT2D eigenvalue weighted by molar-refractivity contribution is 6.34. The topological polar surface area (TPSA) is 92.5 Å². The van der Waals surface area contributed by atoms with Crippen molar-refractivity contribution in [2.45, 2.75) is 18.6 Å². The summed E-state index contributed by atoms with van der Waals surface area (Å²) in [5.74, 6) is -0.678. The van der Waals surface area contributed by atoms with Crippen molar-refractivity contribution in [1.29, 1.82) is 0 Å². The highest BCUT2D eigenvalue weighted by atomic mass is 35.5. The molecule has 2 atom stereocenters. The van der Waals surface area contributed by atoms with Crippen LogP contribution in [-0.4, -0.2) is 22.0 Å². The minimum Gasteiger partial charge on any atom is -0.390 e. The Kier molecular flexibility index (Phi) is 4.02. The van der Waals surface area contributed by atoms with E-state index in [9.17, 15) is 20.0 Å². The predicted molar refractivity (Wildman–Crippen MR) is 84.5 cm³/mol. The van der Waals surface area contributed by atoms with Crippen molar-refractivity contribution < 1.29 is 14.8 Å². The van der Waals surface area contributed by atoms with Gasteiger partial charge in [0, 0.05) is 12.5 Å². The van der Waals surface area contributed by atoms with Crippen LogP contribution in [0.4, 0.5) is 5.69 Å². The average molecular weight is 333 g/mol. The molecule has 6 nitrogen and oxygen atoms in total. The lowest BCUT2D eigenvalue weighted by Crippen LogP contribution is -2.34. The molecule has 0 aliphatic heterocycles. The first-order valence-corrected chi connectivity index (χ1v) is 7.36. The molecule has 0 radical (unpaired) electrons. The number of aliphatic hydroxyl groups is 1. The average Bonchev–Trinajstić information content (AvgIpc) is 2.83. The largest absolute Gasteiger partial charge is 0.390 e. The van der Waals surface area contributed by atoms with Crippen molar-refractivity contribution in [3.63, 3.8) is 0 Å². The molecule has 2 aromatic carbocycles. The minimum absolute atomic E-state index is 0.00234. The van der Waals surface area contributed by atoms with Crippen molar-refractivity contribution >= 4 is 23.2 Å². The van der Waals surface area contributed by atoms with Gasteiger partial charge in [-0.25, -0.2) is 0 Å². The van der Waals surface area contributed by atoms with Crippen LogP contribution < -0.4 is 5.32 Å². The van der Waals surface area contributed by atoms with E-state index in [1.54, 1.807) is 0 Å². The molecule has 0 heterocycles. The van der Waals surface area contributed by atoms with Crippen LogP contribution >= 0.6 is 11.6 Å². The zero-order valence-electron chi connectivity index (χ0n) is 11.9. The van der Waals surface area contributed by atoms with Gasteiger partial charge in [0.25, 0.3) is 11.6 Å². The van der Waals surface area contributed by atoms with Crippen molar-refractivity contribution in [3.05, 3.63) is 74.3 Å². The third-order valence-corrected chi connectivity index (χ3v) is 4.22. The molecule has 118 valence electrons. The van der Waals surface area contributed by atoms with Crippen LogP contribution in [0.15, 0.2) is 42.5 Å². The first-order valence-electron chi connectivity index (χ1n) is 6.98. The van der Waals surface area contributed by atoms with Gasteiger partial charge in [0.2, 0.25) is 0 Å². The zero-order valence-corrected chi connectivity index (χ0v) is 12.7. The number of nitro benzene ring substituents is 1. The molecular formula is C16H13ClN2O4. The minimum atomic E-state index is -0.780. The van der Waals surface area contributed by atoms with Gasteiger partial charge < -0.3 is 10.4 Å². The molecule has 1 amide bonds. The molecule has 23 heavy (non-hydrogen) atoms. The number of carbonyl (C=O) groups excluding carboxylic acids is 1. The number of carbonyl (C=O) groups is 1. The van der Waals surface area contributed by atoms with Gasteiger partial charge in [-0.1, -0.05) is 41.9 Å². The Morgan fingerprint density at radius 2 is 2.00 bits per heavy atom. The monoisotopic (exact) mass is 332 g/mol. The summed E-state index contributed by atoms with van der Waals surface area (Å²) in [6.07, 6.45) is -0.357. The summed E-state index contributed by atoms with van der Waals surface area (Å²) >= 11 is 5.96. The van der Waals surface area contributed by atoms with Gasteiger partial charge >= 0.3 is 0 Å². The molecule has 0 saturated carbocycles. The number of nitrogens with one attached hydrogen (secondary N) is 1. The molecule has 3 rings (SSSR count). The van der Waals surface area contributed by atoms with E-state index >= 15 is 0 Å². The maximum atomic E-state index is 12.5. The fraction of sp³-hybridized carbons (Fsp3) is 0.188. The van der Waals surface area contributed by atoms with Crippen LogP contribution in [-0.2, 0) is 6.42 Å². The summed E-state index contributed by atoms with van der Waals surface area (Å²) < 4.78 is 0. The van der Waals surface area contributed by atoms with Crippen LogP contribution in [0.5, 0.6) is 0 Å². The van der Waals surface area contributed by atoms with E-state index < -0.39 is 23.0 Å². The Labute approximate surface area is 136 Å². The standard InChI is InChI=1S/C16H13ClN2O4/c17-11-6-3-7-12(19(22)23)14(11)16(21)18-15-10-5-2-1-4-9(10)8-13(15)20/h1-7,13,15,20H,8H2,(H,18,21)/t13-,15+/m0/s1. The number of hydrogen-bond donors (Lipinski definition) is 2. The van der Waals surface area contributed by atoms with E-state index in [1.165, 1.54) is 18.2 Å². The summed E-state index contributed by atoms with van der Waals surface area (Å²) in [4.78, 5) is 22.9. The molecule has 2 aromatic rings. The first-order chi connectivity index (χ1) is 11.0. The van der Waals surface area contributed by atoms with E-state index in [1.807, 2.05) is 24.3 Å². The van der Waals surface area contributed by atoms with Crippen molar-refractivity contribution in [1.82, 2.24) is 5.32 Å². The normalized spacial score (nSPS) is 19.2. The molecule has 0 bridgehead atoms. The second kappa shape index (κ2) is 5.98. The van der Waals surface area contributed by atoms with Crippen molar-refractivity contribution in [2.24, 2.45) is 0 Å². The van der Waals surface area contributed by atoms with E-state index in [0.29, 0.717) is 6.42 Å². The molecule has 0 aromatic heterocycles. The molecule has 0 unspecified atom stereocenters. The van der Waals surface area contributed by atoms with E-state index in [-0.39, 0.29) is 16.3 Å². The second-order valence-corrected chi connectivity index (χ2v) is 5.72. The Bertz CT molecular complexity index is 793. The molecule has 0 spiro atoms. The van der Waals surface area contributed by atoms with Gasteiger partial charge in [0.15, 0.2) is 0 Å². The number of nitro groups is 1. The molecule has 7 heteroatoms. The second-order valence-electron chi connectivity index (χ2n) is 5.31. The maximum absolute atomic E-state index is 12.5. The molecule has 1 aliphatic rings. The van der Waals surface area contributed by atoms with Gasteiger partial charge in [-0.05, 0) is 17.2 Å². The first kappa shape index (κ1) is 15.5. The quantitative estimate of drug-likeness (QED) is 0.667. The zero-order chi connectivity index (χ0) is 16.6. The number of nitrogens with zero attached hydrogens (tertiary/aromatic N) is 1. The predicted octanol–water partition coefficient (Wildman–Crippen LogP) is 2.64. The molecule has 0 fully saturated rings. The molecule has 2 N–H and O–H groups in total. The maximum Gasteiger partial charge on any atom is 0.283 e. The Morgan fingerprint density at radius 3 is 2.74 bits per heavy atom. The van der Waals surface area contributed by atoms with Crippen molar-refractivity contribution in [2.75, 3.05) is 0 Å². The fourth-order valence-electron chi connectivity index (χ4n) is 2.85. The van der Waals surface area contributed by atoms with E-state index in [4.69, 9.17) is 11.6 Å². The van der Waals surface area contributed by atoms with Crippen molar-refractivity contribution in [3.8, 4) is 0 Å². The summed E-state index contributed by atoms with van der Waals surface area (Å²) in [5.41, 5.74) is 1.19. The molecule has 0 saturated heterocycles. The van der Waals surface area contributed by atoms with Gasteiger partial charge in [0.1, 0.15) is 5.56 Å². The number of fused-ring (bicyclic) bond motifs is 1. The number of benzene rings is 2. The summed E-state index contributed by atoms with van der Waals surface area (Å²) in [6.45, 7) is 0. The fourth-order valence-corrected chi connectivity index (χ4v) is 3.11. The van der Waals surface area contributed by atoms with Gasteiger partial charge in [-0.15, -0.1) is 0 Å². The number of amides is 1. The highest BCUT2D eigenvalue weighted by Crippen LogP contribution is 2.33. The SMILES string of the molecule is O=C(N[C@@H]1c2ccccc2C[C@@H]1O)c1c(Cl)cccc1[N+](=O)[O-]. The Morgan fingerprint density at radius 1 is 1.26 bits per heavy atom. The van der Waals surface area contributed by atoms with Crippen LogP contribution in [0.1, 0.15) is 27.5 Å². The Balaban J connectivity index is 1.93. The van der Waals surface area contributed by atoms with Gasteiger partial charge in [-0.3, -0.25) is 14.9 Å². The van der Waals surface area contributed by atoms with Gasteiger partial charge in [-0.2, -0.15) is 0 Å². The Hall–Kier alpha value is -2.44. The summed E-state index contributed by atoms with van der Waals surface area (Å²) in [6, 6.07) is 10.8. The summed E-state index contributed by atoms with van der Waals surface area (Å²) in [7, 11) is 0. The van der Waals surface area contributed by atoms with Crippen LogP contribution in [0.25, 0.3) is 0 Å². The molecular weight excluding hydrogens is 320 g/mol. The molecule has 1 aliphatic carbocycles. The van der Waals surface area contributed by atoms with Crippen LogP contribution in [0, 0.1) is 10.1 Å². The number of aliphatic hydroxyl groups excluding tert-OH is 1. The van der Waals surface area contributed by atoms with Crippen LogP contribution in [0.3, 0.4) is 0 Å². The summed E-state index contributed by atoms with van der Waals surface area (Å²) in [5, 5.41) is 23.9. The lowest BCUT2D eigenvalue weighted by Gasteiger charge is -2.18. The number of rotatable bonds is 3. The number of hydrogen-bond acceptors (Lipinski definition) is 4. The van der Waals surface area contributed by atoms with E-state index in [2.05, 4.69) is 5.32 Å². The lowest BCUT2D eigenvalue weighted by atomic mass is 10.1. The third kappa shape index (κ3) is 2.78. The highest BCUT2D eigenvalue weighted by Gasteiger charge is 2.34. The smallest absolute Gasteiger partial charge is 0.283 e. The van der Waals surface area contributed by atoms with Gasteiger partial charge in [0.05, 0.1) is 22.1 Å². The lowest BCUT2D eigenvalue weighted by molar-refractivity contribution is -0.385. The third-order valence-electron chi connectivity index (χ3n) is 3.91. The van der Waals surface area contributed by atoms with Crippen LogP contribution in [0.2, 0.25) is 5.02 Å². The van der Waals surface area contributed by atoms with E-state index in [0.717, 1.165) is 11.1 Å². The number of halogens is 1.